The lowest BCUT2D eigenvalue weighted by atomic mass is 10.3. The minimum absolute atomic E-state index is 0.138. The van der Waals surface area contributed by atoms with Crippen LogP contribution in [0.2, 0.25) is 10.0 Å². The Hall–Kier alpha value is -2.57. The maximum atomic E-state index is 12.2. The van der Waals surface area contributed by atoms with Gasteiger partial charge in [0.1, 0.15) is 18.0 Å². The molecule has 0 saturated heterocycles. The van der Waals surface area contributed by atoms with E-state index in [0.717, 1.165) is 5.69 Å². The summed E-state index contributed by atoms with van der Waals surface area (Å²) in [7, 11) is 0. The smallest absolute Gasteiger partial charge is 0.347 e. The van der Waals surface area contributed by atoms with E-state index in [1.807, 2.05) is 13.0 Å². The zero-order chi connectivity index (χ0) is 19.6. The molecule has 6 nitrogen and oxygen atoms in total. The number of carbonyl (C=O) groups is 1. The Morgan fingerprint density at radius 3 is 2.74 bits per heavy atom. The highest BCUT2D eigenvalue weighted by molar-refractivity contribution is 6.35. The lowest BCUT2D eigenvalue weighted by Crippen LogP contribution is -2.26. The zero-order valence-corrected chi connectivity index (χ0v) is 16.1. The van der Waals surface area contributed by atoms with Crippen molar-refractivity contribution in [1.82, 2.24) is 9.38 Å². The fourth-order valence-electron chi connectivity index (χ4n) is 2.51. The van der Waals surface area contributed by atoms with Crippen LogP contribution < -0.4 is 10.3 Å². The number of pyridine rings is 1. The average Bonchev–Trinajstić information content (AvgIpc) is 2.61. The molecule has 27 heavy (non-hydrogen) atoms. The van der Waals surface area contributed by atoms with Gasteiger partial charge in [0.05, 0.1) is 10.7 Å². The molecule has 140 valence electrons. The first-order valence-electron chi connectivity index (χ1n) is 8.12. The molecule has 8 heteroatoms. The number of aryl methyl sites for hydroxylation is 1. The van der Waals surface area contributed by atoms with Crippen molar-refractivity contribution < 1.29 is 14.3 Å². The van der Waals surface area contributed by atoms with Crippen molar-refractivity contribution >= 4 is 34.8 Å². The molecule has 0 amide bonds. The van der Waals surface area contributed by atoms with Crippen LogP contribution in [0.3, 0.4) is 0 Å². The highest BCUT2D eigenvalue weighted by atomic mass is 35.5. The normalized spacial score (nSPS) is 12.0. The summed E-state index contributed by atoms with van der Waals surface area (Å²) in [6.45, 7) is 3.22. The molecule has 1 aromatic carbocycles. The van der Waals surface area contributed by atoms with Crippen molar-refractivity contribution in [3.63, 3.8) is 0 Å². The van der Waals surface area contributed by atoms with Crippen LogP contribution in [-0.4, -0.2) is 21.5 Å². The van der Waals surface area contributed by atoms with E-state index in [9.17, 15) is 9.59 Å². The Morgan fingerprint density at radius 2 is 2.00 bits per heavy atom. The summed E-state index contributed by atoms with van der Waals surface area (Å²) in [5.41, 5.74) is 1.39. The molecule has 3 rings (SSSR count). The van der Waals surface area contributed by atoms with Crippen LogP contribution in [0.4, 0.5) is 0 Å². The summed E-state index contributed by atoms with van der Waals surface area (Å²) < 4.78 is 12.2. The number of halogens is 2. The molecular formula is C19H16Cl2N2O4. The van der Waals surface area contributed by atoms with Gasteiger partial charge in [0, 0.05) is 16.8 Å². The number of hydrogen-bond acceptors (Lipinski definition) is 5. The van der Waals surface area contributed by atoms with Crippen molar-refractivity contribution in [2.45, 2.75) is 26.6 Å². The fourth-order valence-corrected chi connectivity index (χ4v) is 2.96. The minimum atomic E-state index is -0.896. The second-order valence-corrected chi connectivity index (χ2v) is 6.73. The Bertz CT molecular complexity index is 1070. The summed E-state index contributed by atoms with van der Waals surface area (Å²) in [6.07, 6.45) is -0.896. The Labute approximate surface area is 165 Å². The Morgan fingerprint density at radius 1 is 1.22 bits per heavy atom. The van der Waals surface area contributed by atoms with Crippen LogP contribution in [0.1, 0.15) is 18.3 Å². The van der Waals surface area contributed by atoms with Gasteiger partial charge in [-0.15, -0.1) is 0 Å². The van der Waals surface area contributed by atoms with E-state index in [1.165, 1.54) is 16.5 Å². The van der Waals surface area contributed by atoms with Crippen LogP contribution in [0.15, 0.2) is 47.3 Å². The molecule has 0 spiro atoms. The number of rotatable bonds is 5. The van der Waals surface area contributed by atoms with Gasteiger partial charge in [-0.3, -0.25) is 9.20 Å². The molecule has 0 aliphatic heterocycles. The van der Waals surface area contributed by atoms with Gasteiger partial charge < -0.3 is 9.47 Å². The van der Waals surface area contributed by atoms with Crippen LogP contribution >= 0.6 is 23.2 Å². The fraction of sp³-hybridized carbons (Fsp3) is 0.211. The Kier molecular flexibility index (Phi) is 5.68. The van der Waals surface area contributed by atoms with Gasteiger partial charge in [-0.25, -0.2) is 9.78 Å². The molecule has 0 saturated carbocycles. The van der Waals surface area contributed by atoms with Crippen molar-refractivity contribution in [2.24, 2.45) is 0 Å². The highest BCUT2D eigenvalue weighted by Gasteiger charge is 2.18. The number of aromatic nitrogens is 2. The Balaban J connectivity index is 1.68. The maximum Gasteiger partial charge on any atom is 0.347 e. The van der Waals surface area contributed by atoms with E-state index >= 15 is 0 Å². The molecule has 0 aliphatic rings. The number of fused-ring (bicyclic) bond motifs is 1. The number of carbonyl (C=O) groups excluding carboxylic acids is 1. The lowest BCUT2D eigenvalue weighted by molar-refractivity contribution is -0.152. The van der Waals surface area contributed by atoms with E-state index in [1.54, 1.807) is 31.2 Å². The molecule has 0 N–H and O–H groups in total. The molecule has 0 bridgehead atoms. The van der Waals surface area contributed by atoms with E-state index in [4.69, 9.17) is 32.7 Å². The number of benzene rings is 1. The van der Waals surface area contributed by atoms with Gasteiger partial charge >= 0.3 is 5.97 Å². The first-order valence-corrected chi connectivity index (χ1v) is 8.87. The van der Waals surface area contributed by atoms with Gasteiger partial charge in [-0.2, -0.15) is 0 Å². The molecule has 0 radical (unpaired) electrons. The topological polar surface area (TPSA) is 69.9 Å². The number of ether oxygens (including phenoxy) is 2. The van der Waals surface area contributed by atoms with Crippen LogP contribution in [-0.2, 0) is 16.1 Å². The predicted molar refractivity (Wildman–Crippen MR) is 103 cm³/mol. The molecular weight excluding hydrogens is 391 g/mol. The van der Waals surface area contributed by atoms with Crippen molar-refractivity contribution in [3.8, 4) is 5.75 Å². The van der Waals surface area contributed by atoms with Crippen molar-refractivity contribution in [1.29, 1.82) is 0 Å². The van der Waals surface area contributed by atoms with Gasteiger partial charge in [0.2, 0.25) is 0 Å². The summed E-state index contributed by atoms with van der Waals surface area (Å²) in [4.78, 5) is 28.8. The second kappa shape index (κ2) is 7.98. The molecule has 0 unspecified atom stereocenters. The summed E-state index contributed by atoms with van der Waals surface area (Å²) >= 11 is 11.9. The minimum Gasteiger partial charge on any atom is -0.477 e. The van der Waals surface area contributed by atoms with Crippen LogP contribution in [0.5, 0.6) is 5.75 Å². The van der Waals surface area contributed by atoms with Crippen molar-refractivity contribution in [3.05, 3.63) is 74.3 Å². The third-order valence-corrected chi connectivity index (χ3v) is 4.36. The standard InChI is InChI=1S/C19H16Cl2N2O4/c1-11-4-3-5-17-22-14(9-18(24)23(11)17)10-26-19(25)12(2)27-16-7-6-13(20)8-15(16)21/h3-9,12H,10H2,1-2H3/t12-/m0/s1. The van der Waals surface area contributed by atoms with E-state index in [2.05, 4.69) is 4.98 Å². The SMILES string of the molecule is Cc1cccc2nc(COC(=O)[C@H](C)Oc3ccc(Cl)cc3Cl)cc(=O)n12. The van der Waals surface area contributed by atoms with Gasteiger partial charge in [-0.05, 0) is 44.2 Å². The van der Waals surface area contributed by atoms with Gasteiger partial charge in [0.25, 0.3) is 5.56 Å². The predicted octanol–water partition coefficient (Wildman–Crippen LogP) is 3.82. The lowest BCUT2D eigenvalue weighted by Gasteiger charge is -2.15. The third-order valence-electron chi connectivity index (χ3n) is 3.83. The first-order chi connectivity index (χ1) is 12.8. The third kappa shape index (κ3) is 4.40. The molecule has 2 heterocycles. The number of nitrogens with zero attached hydrogens (tertiary/aromatic N) is 2. The molecule has 0 fully saturated rings. The zero-order valence-electron chi connectivity index (χ0n) is 14.6. The monoisotopic (exact) mass is 406 g/mol. The van der Waals surface area contributed by atoms with Gasteiger partial charge in [0.15, 0.2) is 6.10 Å². The molecule has 3 aromatic rings. The average molecular weight is 407 g/mol. The van der Waals surface area contributed by atoms with Crippen LogP contribution in [0, 0.1) is 6.92 Å². The summed E-state index contributed by atoms with van der Waals surface area (Å²) in [5.74, 6) is -0.282. The second-order valence-electron chi connectivity index (χ2n) is 5.89. The number of hydrogen-bond donors (Lipinski definition) is 0. The van der Waals surface area contributed by atoms with E-state index in [-0.39, 0.29) is 12.2 Å². The van der Waals surface area contributed by atoms with Crippen LogP contribution in [0.25, 0.3) is 5.65 Å². The number of esters is 1. The molecule has 2 aromatic heterocycles. The summed E-state index contributed by atoms with van der Waals surface area (Å²) in [6, 6.07) is 11.4. The quantitative estimate of drug-likeness (QED) is 0.602. The highest BCUT2D eigenvalue weighted by Crippen LogP contribution is 2.28. The first kappa shape index (κ1) is 19.2. The largest absolute Gasteiger partial charge is 0.477 e. The summed E-state index contributed by atoms with van der Waals surface area (Å²) in [5, 5.41) is 0.758. The molecule has 0 aliphatic carbocycles. The van der Waals surface area contributed by atoms with Crippen molar-refractivity contribution in [2.75, 3.05) is 0 Å². The van der Waals surface area contributed by atoms with E-state index < -0.39 is 12.1 Å². The van der Waals surface area contributed by atoms with E-state index in [0.29, 0.717) is 27.1 Å². The maximum absolute atomic E-state index is 12.2. The molecule has 1 atom stereocenters. The van der Waals surface area contributed by atoms with Gasteiger partial charge in [-0.1, -0.05) is 29.3 Å².